The summed E-state index contributed by atoms with van der Waals surface area (Å²) in [7, 11) is -3.84. The molecule has 1 aliphatic rings. The number of hydrogen-bond acceptors (Lipinski definition) is 5. The van der Waals surface area contributed by atoms with Crippen molar-refractivity contribution in [3.63, 3.8) is 0 Å². The second-order valence-corrected chi connectivity index (χ2v) is 6.83. The molecule has 1 aromatic carbocycles. The molecule has 1 fully saturated rings. The quantitative estimate of drug-likeness (QED) is 0.683. The minimum absolute atomic E-state index is 0.00499. The van der Waals surface area contributed by atoms with Crippen LogP contribution >= 0.6 is 7.60 Å². The molecule has 0 aromatic heterocycles. The van der Waals surface area contributed by atoms with E-state index in [-0.39, 0.29) is 30.4 Å². The van der Waals surface area contributed by atoms with Crippen LogP contribution in [0.1, 0.15) is 31.4 Å². The Kier molecular flexibility index (Phi) is 4.70. The summed E-state index contributed by atoms with van der Waals surface area (Å²) in [6.07, 6.45) is 1.62. The predicted octanol–water partition coefficient (Wildman–Crippen LogP) is 0.365. The average Bonchev–Trinajstić information content (AvgIpc) is 2.76. The highest BCUT2D eigenvalue weighted by Gasteiger charge is 2.34. The highest BCUT2D eigenvalue weighted by molar-refractivity contribution is 7.51. The lowest BCUT2D eigenvalue weighted by Crippen LogP contribution is -3.10. The summed E-state index contributed by atoms with van der Waals surface area (Å²) in [5, 5.41) is 19.2. The zero-order valence-corrected chi connectivity index (χ0v) is 12.3. The van der Waals surface area contributed by atoms with Crippen molar-refractivity contribution in [3.05, 3.63) is 23.8 Å². The van der Waals surface area contributed by atoms with Gasteiger partial charge in [-0.2, -0.15) is 0 Å². The molecule has 6 nitrogen and oxygen atoms in total. The Morgan fingerprint density at radius 3 is 2.90 bits per heavy atom. The SMILES string of the molecule is CCOP(=O)([O-])C[NH+]1CCCC1c1ccc(O)cc1O. The number of aromatic hydroxyl groups is 2. The number of hydrogen-bond donors (Lipinski definition) is 3. The largest absolute Gasteiger partial charge is 0.774 e. The van der Waals surface area contributed by atoms with Gasteiger partial charge in [-0.25, -0.2) is 0 Å². The third kappa shape index (κ3) is 3.52. The van der Waals surface area contributed by atoms with E-state index in [4.69, 9.17) is 4.52 Å². The van der Waals surface area contributed by atoms with E-state index in [0.29, 0.717) is 5.56 Å². The monoisotopic (exact) mass is 301 g/mol. The number of nitrogens with one attached hydrogen (secondary N) is 1. The molecule has 2 rings (SSSR count). The van der Waals surface area contributed by atoms with Crippen LogP contribution in [0, 0.1) is 0 Å². The molecule has 20 heavy (non-hydrogen) atoms. The Labute approximate surface area is 118 Å². The molecule has 112 valence electrons. The fourth-order valence-electron chi connectivity index (χ4n) is 2.79. The van der Waals surface area contributed by atoms with Gasteiger partial charge in [0.25, 0.3) is 0 Å². The fourth-order valence-corrected chi connectivity index (χ4v) is 4.15. The normalized spacial score (nSPS) is 25.5. The number of phenolic OH excluding ortho intramolecular Hbond substituents is 2. The zero-order chi connectivity index (χ0) is 14.8. The van der Waals surface area contributed by atoms with E-state index in [2.05, 4.69) is 0 Å². The maximum Gasteiger partial charge on any atom is 0.189 e. The Balaban J connectivity index is 2.17. The summed E-state index contributed by atoms with van der Waals surface area (Å²) in [5.74, 6) is 0.00107. The molecule has 3 unspecified atom stereocenters. The van der Waals surface area contributed by atoms with E-state index >= 15 is 0 Å². The first-order valence-electron chi connectivity index (χ1n) is 6.74. The van der Waals surface area contributed by atoms with Crippen LogP contribution in [0.3, 0.4) is 0 Å². The van der Waals surface area contributed by atoms with Crippen LogP contribution in [0.25, 0.3) is 0 Å². The van der Waals surface area contributed by atoms with E-state index in [1.54, 1.807) is 13.0 Å². The van der Waals surface area contributed by atoms with Crippen LogP contribution in [-0.2, 0) is 9.09 Å². The van der Waals surface area contributed by atoms with Crippen molar-refractivity contribution < 1.29 is 29.1 Å². The van der Waals surface area contributed by atoms with Gasteiger partial charge in [0.1, 0.15) is 23.8 Å². The van der Waals surface area contributed by atoms with Gasteiger partial charge in [0, 0.05) is 18.9 Å². The van der Waals surface area contributed by atoms with Crippen molar-refractivity contribution in [2.75, 3.05) is 19.4 Å². The first kappa shape index (κ1) is 15.3. The van der Waals surface area contributed by atoms with E-state index in [1.165, 1.54) is 12.1 Å². The Hall–Kier alpha value is -1.07. The van der Waals surface area contributed by atoms with Gasteiger partial charge in [0.2, 0.25) is 0 Å². The topological polar surface area (TPSA) is 94.3 Å². The Morgan fingerprint density at radius 1 is 1.50 bits per heavy atom. The molecule has 0 radical (unpaired) electrons. The second kappa shape index (κ2) is 6.14. The number of benzene rings is 1. The summed E-state index contributed by atoms with van der Waals surface area (Å²) >= 11 is 0. The van der Waals surface area contributed by atoms with Crippen molar-refractivity contribution in [2.45, 2.75) is 25.8 Å². The molecule has 1 heterocycles. The van der Waals surface area contributed by atoms with Crippen molar-refractivity contribution in [1.29, 1.82) is 0 Å². The molecule has 0 amide bonds. The maximum absolute atomic E-state index is 11.8. The van der Waals surface area contributed by atoms with Gasteiger partial charge in [-0.3, -0.25) is 0 Å². The molecule has 3 N–H and O–H groups in total. The van der Waals surface area contributed by atoms with Crippen molar-refractivity contribution >= 4 is 7.60 Å². The lowest BCUT2D eigenvalue weighted by atomic mass is 10.0. The van der Waals surface area contributed by atoms with Crippen LogP contribution < -0.4 is 9.79 Å². The van der Waals surface area contributed by atoms with Crippen LogP contribution in [0.4, 0.5) is 0 Å². The molecule has 1 aromatic rings. The average molecular weight is 301 g/mol. The fraction of sp³-hybridized carbons (Fsp3) is 0.538. The maximum atomic E-state index is 11.8. The third-order valence-corrected chi connectivity index (χ3v) is 5.04. The molecule has 1 saturated heterocycles. The van der Waals surface area contributed by atoms with Crippen LogP contribution in [0.5, 0.6) is 11.5 Å². The highest BCUT2D eigenvalue weighted by Crippen LogP contribution is 2.36. The lowest BCUT2D eigenvalue weighted by molar-refractivity contribution is -0.908. The molecule has 7 heteroatoms. The number of rotatable bonds is 5. The number of quaternary nitrogens is 1. The van der Waals surface area contributed by atoms with Crippen LogP contribution in [0.15, 0.2) is 18.2 Å². The number of phenols is 2. The van der Waals surface area contributed by atoms with Gasteiger partial charge in [-0.15, -0.1) is 0 Å². The van der Waals surface area contributed by atoms with Gasteiger partial charge in [-0.05, 0) is 19.1 Å². The summed E-state index contributed by atoms with van der Waals surface area (Å²) in [6, 6.07) is 4.35. The smallest absolute Gasteiger partial charge is 0.189 e. The van der Waals surface area contributed by atoms with E-state index in [1.807, 2.05) is 0 Å². The molecular formula is C13H20NO5P. The summed E-state index contributed by atoms with van der Waals surface area (Å²) in [6.45, 7) is 2.51. The third-order valence-electron chi connectivity index (χ3n) is 3.60. The Morgan fingerprint density at radius 2 is 2.25 bits per heavy atom. The standard InChI is InChI=1S/C13H20NO5P/c1-2-19-20(17,18)9-14-7-3-4-12(14)11-6-5-10(15)8-13(11)16/h5-6,8,12,15-16H,2-4,7,9H2,1H3,(H,17,18). The first-order valence-corrected chi connectivity index (χ1v) is 8.47. The van der Waals surface area contributed by atoms with Crippen molar-refractivity contribution in [2.24, 2.45) is 0 Å². The summed E-state index contributed by atoms with van der Waals surface area (Å²) in [4.78, 5) is 12.7. The molecule has 0 saturated carbocycles. The van der Waals surface area contributed by atoms with Gasteiger partial charge < -0.3 is 29.1 Å². The Bertz CT molecular complexity index is 521. The summed E-state index contributed by atoms with van der Waals surface area (Å²) < 4.78 is 16.6. The van der Waals surface area contributed by atoms with Gasteiger partial charge >= 0.3 is 0 Å². The number of likely N-dealkylation sites (tertiary alicyclic amines) is 1. The lowest BCUT2D eigenvalue weighted by Gasteiger charge is -2.29. The van der Waals surface area contributed by atoms with E-state index in [9.17, 15) is 19.7 Å². The van der Waals surface area contributed by atoms with Crippen molar-refractivity contribution in [1.82, 2.24) is 0 Å². The van der Waals surface area contributed by atoms with Crippen LogP contribution in [-0.4, -0.2) is 29.7 Å². The molecular weight excluding hydrogens is 281 g/mol. The van der Waals surface area contributed by atoms with Gasteiger partial charge in [-0.1, -0.05) is 0 Å². The van der Waals surface area contributed by atoms with Crippen molar-refractivity contribution in [3.8, 4) is 11.5 Å². The van der Waals surface area contributed by atoms with Gasteiger partial charge in [0.05, 0.1) is 18.7 Å². The molecule has 0 aliphatic carbocycles. The highest BCUT2D eigenvalue weighted by atomic mass is 31.2. The van der Waals surface area contributed by atoms with E-state index < -0.39 is 7.60 Å². The molecule has 1 aliphatic heterocycles. The minimum Gasteiger partial charge on any atom is -0.774 e. The second-order valence-electron chi connectivity index (χ2n) is 5.03. The molecule has 0 bridgehead atoms. The van der Waals surface area contributed by atoms with Gasteiger partial charge in [0.15, 0.2) is 7.60 Å². The van der Waals surface area contributed by atoms with E-state index in [0.717, 1.165) is 24.3 Å². The predicted molar refractivity (Wildman–Crippen MR) is 71.7 cm³/mol. The molecule has 3 atom stereocenters. The zero-order valence-electron chi connectivity index (χ0n) is 11.4. The van der Waals surface area contributed by atoms with Crippen LogP contribution in [0.2, 0.25) is 0 Å². The molecule has 0 spiro atoms. The first-order chi connectivity index (χ1) is 9.43. The summed E-state index contributed by atoms with van der Waals surface area (Å²) in [5.41, 5.74) is 0.673. The minimum atomic E-state index is -3.84.